The van der Waals surface area contributed by atoms with Gasteiger partial charge in [-0.25, -0.2) is 4.79 Å². The lowest BCUT2D eigenvalue weighted by Crippen LogP contribution is -2.25. The van der Waals surface area contributed by atoms with Crippen molar-refractivity contribution in [1.29, 1.82) is 0 Å². The Morgan fingerprint density at radius 2 is 2.11 bits per heavy atom. The predicted molar refractivity (Wildman–Crippen MR) is 70.8 cm³/mol. The number of carbonyl (C=O) groups is 2. The highest BCUT2D eigenvalue weighted by Gasteiger charge is 2.41. The molecule has 100 valence electrons. The molecule has 1 N–H and O–H groups in total. The molecule has 1 saturated carbocycles. The normalized spacial score (nSPS) is 26.8. The van der Waals surface area contributed by atoms with Crippen LogP contribution in [0.4, 0.5) is 0 Å². The van der Waals surface area contributed by atoms with Gasteiger partial charge in [-0.3, -0.25) is 4.79 Å². The Hall–Kier alpha value is -0.970. The van der Waals surface area contributed by atoms with E-state index in [1.54, 1.807) is 18.7 Å². The van der Waals surface area contributed by atoms with Gasteiger partial charge in [0.2, 0.25) is 5.91 Å². The quantitative estimate of drug-likeness (QED) is 0.798. The van der Waals surface area contributed by atoms with Gasteiger partial charge in [0, 0.05) is 18.1 Å². The minimum Gasteiger partial charge on any atom is -0.463 e. The number of esters is 1. The van der Waals surface area contributed by atoms with E-state index in [-0.39, 0.29) is 17.8 Å². The fraction of sp³-hybridized carbons (Fsp3) is 0.692. The van der Waals surface area contributed by atoms with Gasteiger partial charge in [-0.05, 0) is 19.8 Å². The molecule has 5 heteroatoms. The fourth-order valence-electron chi connectivity index (χ4n) is 2.66. The molecule has 1 fully saturated rings. The molecule has 2 aliphatic rings. The van der Waals surface area contributed by atoms with E-state index in [2.05, 4.69) is 5.32 Å². The highest BCUT2D eigenvalue weighted by atomic mass is 32.2. The Bertz CT molecular complexity index is 392. The molecule has 0 radical (unpaired) electrons. The third-order valence-electron chi connectivity index (χ3n) is 3.37. The van der Waals surface area contributed by atoms with Gasteiger partial charge in [-0.2, -0.15) is 0 Å². The van der Waals surface area contributed by atoms with Crippen LogP contribution in [0.2, 0.25) is 0 Å². The number of carbonyl (C=O) groups excluding carboxylic acids is 2. The van der Waals surface area contributed by atoms with E-state index in [1.165, 1.54) is 13.3 Å². The van der Waals surface area contributed by atoms with E-state index in [0.29, 0.717) is 17.4 Å². The van der Waals surface area contributed by atoms with Crippen molar-refractivity contribution in [2.45, 2.75) is 44.8 Å². The molecular formula is C13H19NO3S. The molecule has 1 aliphatic carbocycles. The highest BCUT2D eigenvalue weighted by molar-refractivity contribution is 8.04. The first kappa shape index (κ1) is 13.5. The number of nitrogens with one attached hydrogen (secondary N) is 1. The van der Waals surface area contributed by atoms with Crippen LogP contribution < -0.4 is 5.32 Å². The Morgan fingerprint density at radius 3 is 2.78 bits per heavy atom. The molecule has 0 aromatic heterocycles. The summed E-state index contributed by atoms with van der Waals surface area (Å²) in [6.45, 7) is 3.65. The van der Waals surface area contributed by atoms with E-state index in [9.17, 15) is 9.59 Å². The van der Waals surface area contributed by atoms with Gasteiger partial charge >= 0.3 is 5.97 Å². The number of amides is 1. The van der Waals surface area contributed by atoms with Crippen LogP contribution in [0, 0.1) is 5.92 Å². The maximum atomic E-state index is 12.0. The monoisotopic (exact) mass is 269 g/mol. The molecule has 1 amide bonds. The second-order valence-electron chi connectivity index (χ2n) is 4.69. The summed E-state index contributed by atoms with van der Waals surface area (Å²) >= 11 is 1.63. The summed E-state index contributed by atoms with van der Waals surface area (Å²) in [6, 6.07) is 0. The fourth-order valence-corrected chi connectivity index (χ4v) is 4.25. The minimum atomic E-state index is -0.261. The van der Waals surface area contributed by atoms with Crippen molar-refractivity contribution in [2.24, 2.45) is 5.92 Å². The van der Waals surface area contributed by atoms with Crippen LogP contribution in [0.25, 0.3) is 0 Å². The van der Waals surface area contributed by atoms with Gasteiger partial charge in [-0.15, -0.1) is 11.8 Å². The maximum Gasteiger partial charge on any atom is 0.336 e. The van der Waals surface area contributed by atoms with Crippen LogP contribution >= 0.6 is 11.8 Å². The second kappa shape index (κ2) is 5.78. The summed E-state index contributed by atoms with van der Waals surface area (Å²) in [5.41, 5.74) is 0.696. The number of hydrogen-bond acceptors (Lipinski definition) is 4. The molecule has 0 aromatic rings. The predicted octanol–water partition coefficient (Wildman–Crippen LogP) is 2.20. The van der Waals surface area contributed by atoms with Gasteiger partial charge in [0.1, 0.15) is 0 Å². The molecule has 0 unspecified atom stereocenters. The molecule has 0 bridgehead atoms. The first-order valence-electron chi connectivity index (χ1n) is 6.49. The number of ether oxygens (including phenoxy) is 1. The number of hydrogen-bond donors (Lipinski definition) is 1. The Morgan fingerprint density at radius 1 is 1.39 bits per heavy atom. The standard InChI is InChI=1S/C13H19NO3S/c1-3-17-13(16)11-9-6-4-5-7-10(9)18-12(11)14-8(2)15/h9-10H,3-7H2,1-2H3,(H,14,15)/t9-,10-/m1/s1. The number of thioether (sulfide) groups is 1. The van der Waals surface area contributed by atoms with E-state index in [1.807, 2.05) is 0 Å². The second-order valence-corrected chi connectivity index (χ2v) is 5.94. The van der Waals surface area contributed by atoms with Crippen molar-refractivity contribution in [2.75, 3.05) is 6.61 Å². The third-order valence-corrected chi connectivity index (χ3v) is 4.80. The van der Waals surface area contributed by atoms with Crippen molar-refractivity contribution in [3.05, 3.63) is 10.6 Å². The van der Waals surface area contributed by atoms with Crippen molar-refractivity contribution >= 4 is 23.6 Å². The van der Waals surface area contributed by atoms with E-state index >= 15 is 0 Å². The van der Waals surface area contributed by atoms with Crippen LogP contribution in [0.5, 0.6) is 0 Å². The molecule has 0 spiro atoms. The summed E-state index contributed by atoms with van der Waals surface area (Å²) in [5.74, 6) is -0.134. The summed E-state index contributed by atoms with van der Waals surface area (Å²) in [7, 11) is 0. The van der Waals surface area contributed by atoms with Crippen LogP contribution in [0.1, 0.15) is 39.5 Å². The van der Waals surface area contributed by atoms with Crippen LogP contribution in [0.3, 0.4) is 0 Å². The van der Waals surface area contributed by atoms with Crippen LogP contribution in [-0.4, -0.2) is 23.7 Å². The summed E-state index contributed by atoms with van der Waals surface area (Å²) in [4.78, 5) is 23.3. The molecule has 0 aromatic carbocycles. The average Bonchev–Trinajstić information content (AvgIpc) is 2.66. The first-order valence-corrected chi connectivity index (χ1v) is 7.37. The van der Waals surface area contributed by atoms with Gasteiger partial charge in [0.25, 0.3) is 0 Å². The van der Waals surface area contributed by atoms with Crippen molar-refractivity contribution in [3.63, 3.8) is 0 Å². The largest absolute Gasteiger partial charge is 0.463 e. The lowest BCUT2D eigenvalue weighted by atomic mass is 9.84. The highest BCUT2D eigenvalue weighted by Crippen LogP contribution is 2.48. The zero-order valence-electron chi connectivity index (χ0n) is 10.8. The lowest BCUT2D eigenvalue weighted by Gasteiger charge is -2.25. The smallest absolute Gasteiger partial charge is 0.336 e. The van der Waals surface area contributed by atoms with E-state index in [4.69, 9.17) is 4.74 Å². The summed E-state index contributed by atoms with van der Waals surface area (Å²) < 4.78 is 5.13. The summed E-state index contributed by atoms with van der Waals surface area (Å²) in [6.07, 6.45) is 4.49. The van der Waals surface area contributed by atoms with Crippen LogP contribution in [-0.2, 0) is 14.3 Å². The first-order chi connectivity index (χ1) is 8.63. The van der Waals surface area contributed by atoms with Gasteiger partial charge < -0.3 is 10.1 Å². The zero-order chi connectivity index (χ0) is 13.1. The molecule has 2 rings (SSSR count). The van der Waals surface area contributed by atoms with Gasteiger partial charge in [-0.1, -0.05) is 12.8 Å². The van der Waals surface area contributed by atoms with Crippen LogP contribution in [0.15, 0.2) is 10.6 Å². The molecule has 1 aliphatic heterocycles. The molecule has 2 atom stereocenters. The topological polar surface area (TPSA) is 55.4 Å². The number of fused-ring (bicyclic) bond motifs is 1. The molecule has 1 heterocycles. The minimum absolute atomic E-state index is 0.127. The summed E-state index contributed by atoms with van der Waals surface area (Å²) in [5, 5.41) is 3.94. The van der Waals surface area contributed by atoms with Crippen molar-refractivity contribution in [1.82, 2.24) is 5.32 Å². The molecule has 4 nitrogen and oxygen atoms in total. The SMILES string of the molecule is CCOC(=O)C1=C(NC(C)=O)S[C@@H]2CCCC[C@@H]12. The van der Waals surface area contributed by atoms with Gasteiger partial charge in [0.05, 0.1) is 17.2 Å². The Balaban J connectivity index is 2.23. The molecular weight excluding hydrogens is 250 g/mol. The maximum absolute atomic E-state index is 12.0. The lowest BCUT2D eigenvalue weighted by molar-refractivity contribution is -0.139. The third kappa shape index (κ3) is 2.71. The Kier molecular flexibility index (Phi) is 4.32. The van der Waals surface area contributed by atoms with Crippen molar-refractivity contribution in [3.8, 4) is 0 Å². The van der Waals surface area contributed by atoms with Gasteiger partial charge in [0.15, 0.2) is 0 Å². The Labute approximate surface area is 112 Å². The zero-order valence-corrected chi connectivity index (χ0v) is 11.6. The number of rotatable bonds is 3. The van der Waals surface area contributed by atoms with E-state index in [0.717, 1.165) is 24.3 Å². The molecule has 0 saturated heterocycles. The average molecular weight is 269 g/mol. The van der Waals surface area contributed by atoms with Crippen molar-refractivity contribution < 1.29 is 14.3 Å². The van der Waals surface area contributed by atoms with E-state index < -0.39 is 0 Å². The molecule has 18 heavy (non-hydrogen) atoms.